The first kappa shape index (κ1) is 16.1. The van der Waals surface area contributed by atoms with E-state index in [0.29, 0.717) is 12.2 Å². The molecule has 0 unspecified atom stereocenters. The van der Waals surface area contributed by atoms with Crippen molar-refractivity contribution < 1.29 is 5.11 Å². The SMILES string of the molecule is Cc1ccc(/C=C/c2c(CO)nnn2Cc2ccccc2C)cc1. The van der Waals surface area contributed by atoms with Crippen LogP contribution in [-0.2, 0) is 13.2 Å². The Labute approximate surface area is 142 Å². The van der Waals surface area contributed by atoms with Gasteiger partial charge in [0.1, 0.15) is 5.69 Å². The second kappa shape index (κ2) is 7.23. The van der Waals surface area contributed by atoms with Crippen LogP contribution in [0, 0.1) is 13.8 Å². The summed E-state index contributed by atoms with van der Waals surface area (Å²) in [6, 6.07) is 16.5. The van der Waals surface area contributed by atoms with Gasteiger partial charge in [-0.3, -0.25) is 0 Å². The first-order chi connectivity index (χ1) is 11.7. The van der Waals surface area contributed by atoms with Crippen LogP contribution in [0.4, 0.5) is 0 Å². The number of aliphatic hydroxyl groups is 1. The molecular formula is C20H21N3O. The van der Waals surface area contributed by atoms with E-state index in [1.165, 1.54) is 16.7 Å². The first-order valence-corrected chi connectivity index (χ1v) is 8.00. The summed E-state index contributed by atoms with van der Waals surface area (Å²) in [6.45, 7) is 4.66. The molecule has 1 aromatic heterocycles. The molecule has 0 saturated carbocycles. The van der Waals surface area contributed by atoms with Gasteiger partial charge in [0, 0.05) is 0 Å². The van der Waals surface area contributed by atoms with Gasteiger partial charge in [0.05, 0.1) is 18.8 Å². The molecule has 0 fully saturated rings. The maximum absolute atomic E-state index is 9.54. The van der Waals surface area contributed by atoms with Gasteiger partial charge < -0.3 is 5.11 Å². The molecule has 4 heteroatoms. The summed E-state index contributed by atoms with van der Waals surface area (Å²) in [6.07, 6.45) is 3.99. The van der Waals surface area contributed by atoms with Crippen molar-refractivity contribution in [2.45, 2.75) is 27.0 Å². The van der Waals surface area contributed by atoms with Crippen LogP contribution < -0.4 is 0 Å². The van der Waals surface area contributed by atoms with Crippen LogP contribution in [0.25, 0.3) is 12.2 Å². The largest absolute Gasteiger partial charge is 0.390 e. The minimum atomic E-state index is -0.124. The highest BCUT2D eigenvalue weighted by molar-refractivity contribution is 5.69. The molecule has 0 aliphatic rings. The highest BCUT2D eigenvalue weighted by atomic mass is 16.3. The monoisotopic (exact) mass is 319 g/mol. The van der Waals surface area contributed by atoms with E-state index in [0.717, 1.165) is 11.3 Å². The van der Waals surface area contributed by atoms with Crippen LogP contribution >= 0.6 is 0 Å². The molecule has 0 radical (unpaired) electrons. The number of benzene rings is 2. The van der Waals surface area contributed by atoms with Crippen molar-refractivity contribution in [3.63, 3.8) is 0 Å². The van der Waals surface area contributed by atoms with Crippen LogP contribution in [0.3, 0.4) is 0 Å². The predicted octanol–water partition coefficient (Wildman–Crippen LogP) is 3.61. The molecule has 3 rings (SSSR count). The number of aryl methyl sites for hydroxylation is 2. The van der Waals surface area contributed by atoms with E-state index in [1.54, 1.807) is 0 Å². The third kappa shape index (κ3) is 3.60. The maximum atomic E-state index is 9.54. The molecule has 1 heterocycles. The van der Waals surface area contributed by atoms with Crippen LogP contribution in [0.5, 0.6) is 0 Å². The fourth-order valence-corrected chi connectivity index (χ4v) is 2.57. The third-order valence-corrected chi connectivity index (χ3v) is 4.09. The van der Waals surface area contributed by atoms with Crippen LogP contribution in [0.1, 0.15) is 33.6 Å². The average Bonchev–Trinajstić information content (AvgIpc) is 2.98. The zero-order chi connectivity index (χ0) is 16.9. The summed E-state index contributed by atoms with van der Waals surface area (Å²) >= 11 is 0. The van der Waals surface area contributed by atoms with E-state index < -0.39 is 0 Å². The lowest BCUT2D eigenvalue weighted by molar-refractivity contribution is 0.276. The van der Waals surface area contributed by atoms with Crippen LogP contribution in [0.2, 0.25) is 0 Å². The fourth-order valence-electron chi connectivity index (χ4n) is 2.57. The summed E-state index contributed by atoms with van der Waals surface area (Å²) in [4.78, 5) is 0. The van der Waals surface area contributed by atoms with E-state index in [1.807, 2.05) is 29.0 Å². The molecule has 0 saturated heterocycles. The molecule has 3 aromatic rings. The van der Waals surface area contributed by atoms with Crippen molar-refractivity contribution in [3.8, 4) is 0 Å². The van der Waals surface area contributed by atoms with E-state index in [9.17, 15) is 5.11 Å². The van der Waals surface area contributed by atoms with E-state index in [2.05, 4.69) is 60.6 Å². The molecule has 0 aliphatic carbocycles. The van der Waals surface area contributed by atoms with E-state index >= 15 is 0 Å². The van der Waals surface area contributed by atoms with Crippen molar-refractivity contribution in [1.82, 2.24) is 15.0 Å². The quantitative estimate of drug-likeness (QED) is 0.781. The predicted molar refractivity (Wildman–Crippen MR) is 96.3 cm³/mol. The Morgan fingerprint density at radius 1 is 1.00 bits per heavy atom. The molecule has 0 aliphatic heterocycles. The third-order valence-electron chi connectivity index (χ3n) is 4.09. The fraction of sp³-hybridized carbons (Fsp3) is 0.200. The van der Waals surface area contributed by atoms with Gasteiger partial charge in [-0.25, -0.2) is 4.68 Å². The van der Waals surface area contributed by atoms with Gasteiger partial charge in [-0.15, -0.1) is 5.10 Å². The number of aromatic nitrogens is 3. The molecule has 2 aromatic carbocycles. The Morgan fingerprint density at radius 3 is 2.46 bits per heavy atom. The molecule has 0 amide bonds. The Balaban J connectivity index is 1.90. The highest BCUT2D eigenvalue weighted by Crippen LogP contribution is 2.15. The molecule has 4 nitrogen and oxygen atoms in total. The molecular weight excluding hydrogens is 298 g/mol. The summed E-state index contributed by atoms with van der Waals surface area (Å²) in [7, 11) is 0. The molecule has 1 N–H and O–H groups in total. The van der Waals surface area contributed by atoms with Gasteiger partial charge in [-0.1, -0.05) is 65.4 Å². The maximum Gasteiger partial charge on any atom is 0.115 e. The van der Waals surface area contributed by atoms with Crippen LogP contribution in [0.15, 0.2) is 48.5 Å². The number of hydrogen-bond donors (Lipinski definition) is 1. The number of nitrogens with zero attached hydrogens (tertiary/aromatic N) is 3. The lowest BCUT2D eigenvalue weighted by atomic mass is 10.1. The van der Waals surface area contributed by atoms with Gasteiger partial charge in [-0.2, -0.15) is 0 Å². The van der Waals surface area contributed by atoms with E-state index in [-0.39, 0.29) is 6.61 Å². The lowest BCUT2D eigenvalue weighted by Crippen LogP contribution is -2.06. The minimum Gasteiger partial charge on any atom is -0.390 e. The zero-order valence-corrected chi connectivity index (χ0v) is 14.0. The van der Waals surface area contributed by atoms with Gasteiger partial charge >= 0.3 is 0 Å². The van der Waals surface area contributed by atoms with Gasteiger partial charge in [0.25, 0.3) is 0 Å². The van der Waals surface area contributed by atoms with Gasteiger partial charge in [0.15, 0.2) is 0 Å². The summed E-state index contributed by atoms with van der Waals surface area (Å²) in [5.41, 5.74) is 6.17. The topological polar surface area (TPSA) is 50.9 Å². The zero-order valence-electron chi connectivity index (χ0n) is 14.0. The second-order valence-corrected chi connectivity index (χ2v) is 5.91. The summed E-state index contributed by atoms with van der Waals surface area (Å²) < 4.78 is 1.83. The molecule has 24 heavy (non-hydrogen) atoms. The molecule has 0 bridgehead atoms. The summed E-state index contributed by atoms with van der Waals surface area (Å²) in [5, 5.41) is 17.8. The Hall–Kier alpha value is -2.72. The number of rotatable bonds is 5. The molecule has 122 valence electrons. The van der Waals surface area contributed by atoms with Crippen LogP contribution in [-0.4, -0.2) is 20.1 Å². The lowest BCUT2D eigenvalue weighted by Gasteiger charge is -2.07. The van der Waals surface area contributed by atoms with Crippen molar-refractivity contribution in [2.24, 2.45) is 0 Å². The van der Waals surface area contributed by atoms with E-state index in [4.69, 9.17) is 0 Å². The summed E-state index contributed by atoms with van der Waals surface area (Å²) in [5.74, 6) is 0. The normalized spacial score (nSPS) is 11.3. The number of hydrogen-bond acceptors (Lipinski definition) is 3. The Bertz CT molecular complexity index is 848. The Kier molecular flexibility index (Phi) is 4.87. The van der Waals surface area contributed by atoms with Gasteiger partial charge in [0.2, 0.25) is 0 Å². The van der Waals surface area contributed by atoms with Crippen molar-refractivity contribution >= 4 is 12.2 Å². The van der Waals surface area contributed by atoms with Crippen molar-refractivity contribution in [1.29, 1.82) is 0 Å². The smallest absolute Gasteiger partial charge is 0.115 e. The van der Waals surface area contributed by atoms with Crippen molar-refractivity contribution in [2.75, 3.05) is 0 Å². The average molecular weight is 319 g/mol. The molecule has 0 spiro atoms. The minimum absolute atomic E-state index is 0.124. The van der Waals surface area contributed by atoms with Gasteiger partial charge in [-0.05, 0) is 36.6 Å². The Morgan fingerprint density at radius 2 is 1.75 bits per heavy atom. The second-order valence-electron chi connectivity index (χ2n) is 5.91. The first-order valence-electron chi connectivity index (χ1n) is 8.00. The molecule has 0 atom stereocenters. The van der Waals surface area contributed by atoms with Crippen molar-refractivity contribution in [3.05, 3.63) is 82.2 Å². The number of aliphatic hydroxyl groups excluding tert-OH is 1. The standard InChI is InChI=1S/C20H21N3O/c1-15-7-9-17(10-8-15)11-12-20-19(14-24)21-22-23(20)13-18-6-4-3-5-16(18)2/h3-12,24H,13-14H2,1-2H3/b12-11+. The highest BCUT2D eigenvalue weighted by Gasteiger charge is 2.10.